The van der Waals surface area contributed by atoms with Gasteiger partial charge in [0, 0.05) is 37.4 Å². The maximum atomic E-state index is 13.1. The largest absolute Gasteiger partial charge is 0.356 e. The van der Waals surface area contributed by atoms with Crippen molar-refractivity contribution in [3.05, 3.63) is 42.1 Å². The van der Waals surface area contributed by atoms with E-state index in [1.165, 1.54) is 12.3 Å². The van der Waals surface area contributed by atoms with Crippen molar-refractivity contribution in [3.63, 3.8) is 0 Å². The molecule has 3 heterocycles. The van der Waals surface area contributed by atoms with Crippen LogP contribution in [0.4, 0.5) is 10.2 Å². The minimum Gasteiger partial charge on any atom is -0.356 e. The Balaban J connectivity index is 1.46. The predicted molar refractivity (Wildman–Crippen MR) is 94.8 cm³/mol. The fourth-order valence-electron chi connectivity index (χ4n) is 3.37. The highest BCUT2D eigenvalue weighted by molar-refractivity contribution is 5.89. The number of amides is 1. The van der Waals surface area contributed by atoms with Gasteiger partial charge in [0.05, 0.1) is 12.4 Å². The molecule has 0 unspecified atom stereocenters. The molecule has 26 heavy (non-hydrogen) atoms. The molecule has 0 spiro atoms. The van der Waals surface area contributed by atoms with E-state index in [1.54, 1.807) is 6.07 Å². The van der Waals surface area contributed by atoms with Crippen molar-refractivity contribution in [1.82, 2.24) is 25.4 Å². The normalized spacial score (nSPS) is 19.9. The zero-order chi connectivity index (χ0) is 18.0. The number of hydrogen-bond acceptors (Lipinski definition) is 5. The molecule has 138 valence electrons. The van der Waals surface area contributed by atoms with Gasteiger partial charge in [0.15, 0.2) is 0 Å². The molecule has 0 aromatic carbocycles. The van der Waals surface area contributed by atoms with Crippen LogP contribution in [0.2, 0.25) is 0 Å². The molecule has 4 rings (SSSR count). The fraction of sp³-hybridized carbons (Fsp3) is 0.500. The second-order valence-corrected chi connectivity index (χ2v) is 7.20. The Bertz CT molecular complexity index is 736. The van der Waals surface area contributed by atoms with Gasteiger partial charge in [0.1, 0.15) is 17.2 Å². The van der Waals surface area contributed by atoms with Crippen LogP contribution in [-0.2, 0) is 11.3 Å². The van der Waals surface area contributed by atoms with Crippen LogP contribution < -0.4 is 10.6 Å². The predicted octanol–water partition coefficient (Wildman–Crippen LogP) is 1.67. The molecule has 0 bridgehead atoms. The first kappa shape index (κ1) is 17.0. The molecule has 1 aliphatic heterocycles. The lowest BCUT2D eigenvalue weighted by molar-refractivity contribution is -0.127. The van der Waals surface area contributed by atoms with E-state index in [0.29, 0.717) is 24.7 Å². The summed E-state index contributed by atoms with van der Waals surface area (Å²) in [7, 11) is 0. The molecule has 2 aliphatic rings. The lowest BCUT2D eigenvalue weighted by Gasteiger charge is -2.41. The summed E-state index contributed by atoms with van der Waals surface area (Å²) in [6, 6.07) is 3.24. The van der Waals surface area contributed by atoms with Gasteiger partial charge in [-0.25, -0.2) is 9.37 Å². The summed E-state index contributed by atoms with van der Waals surface area (Å²) in [5.74, 6) is 0.164. The summed E-state index contributed by atoms with van der Waals surface area (Å²) in [4.78, 5) is 19.4. The molecule has 0 atom stereocenters. The molecule has 1 amide bonds. The topological polar surface area (TPSA) is 85.9 Å². The lowest BCUT2D eigenvalue weighted by atomic mass is 9.86. The van der Waals surface area contributed by atoms with Crippen LogP contribution in [-0.4, -0.2) is 50.7 Å². The van der Waals surface area contributed by atoms with Crippen molar-refractivity contribution in [2.45, 2.75) is 43.8 Å². The smallest absolute Gasteiger partial charge is 0.246 e. The lowest BCUT2D eigenvalue weighted by Crippen LogP contribution is -2.58. The Morgan fingerprint density at radius 1 is 1.31 bits per heavy atom. The minimum atomic E-state index is -0.708. The molecule has 2 aromatic heterocycles. The SMILES string of the molecule is O=C(NC1CC1)C1(Nc2ccc(F)cn2)CCN(Cc2cn[nH]c2)CC1. The number of nitrogens with zero attached hydrogens (tertiary/aromatic N) is 3. The van der Waals surface area contributed by atoms with E-state index in [1.807, 2.05) is 12.4 Å². The third-order valence-corrected chi connectivity index (χ3v) is 5.11. The Morgan fingerprint density at radius 3 is 2.73 bits per heavy atom. The van der Waals surface area contributed by atoms with Gasteiger partial charge >= 0.3 is 0 Å². The number of piperidine rings is 1. The van der Waals surface area contributed by atoms with Crippen LogP contribution >= 0.6 is 0 Å². The van der Waals surface area contributed by atoms with Crippen LogP contribution in [0.25, 0.3) is 0 Å². The van der Waals surface area contributed by atoms with Gasteiger partial charge in [0.2, 0.25) is 5.91 Å². The molecule has 7 nitrogen and oxygen atoms in total. The van der Waals surface area contributed by atoms with Crippen molar-refractivity contribution in [3.8, 4) is 0 Å². The van der Waals surface area contributed by atoms with Gasteiger partial charge in [0.25, 0.3) is 0 Å². The van der Waals surface area contributed by atoms with E-state index in [4.69, 9.17) is 0 Å². The van der Waals surface area contributed by atoms with Crippen molar-refractivity contribution >= 4 is 11.7 Å². The maximum absolute atomic E-state index is 13.1. The third kappa shape index (κ3) is 3.85. The molecular weight excluding hydrogens is 335 g/mol. The number of carbonyl (C=O) groups is 1. The summed E-state index contributed by atoms with van der Waals surface area (Å²) in [6.07, 6.45) is 8.31. The first-order chi connectivity index (χ1) is 12.6. The van der Waals surface area contributed by atoms with Crippen LogP contribution in [0, 0.1) is 5.82 Å². The number of rotatable bonds is 6. The molecule has 8 heteroatoms. The second kappa shape index (κ2) is 7.03. The number of aromatic nitrogens is 3. The summed E-state index contributed by atoms with van der Waals surface area (Å²) >= 11 is 0. The van der Waals surface area contributed by atoms with E-state index in [2.05, 4.69) is 30.7 Å². The van der Waals surface area contributed by atoms with Crippen LogP contribution in [0.5, 0.6) is 0 Å². The monoisotopic (exact) mass is 358 g/mol. The van der Waals surface area contributed by atoms with Crippen LogP contribution in [0.15, 0.2) is 30.7 Å². The first-order valence-electron chi connectivity index (χ1n) is 9.04. The number of anilines is 1. The van der Waals surface area contributed by atoms with Gasteiger partial charge in [-0.1, -0.05) is 0 Å². The molecule has 1 aliphatic carbocycles. The Kier molecular flexibility index (Phi) is 4.58. The van der Waals surface area contributed by atoms with E-state index >= 15 is 0 Å². The van der Waals surface area contributed by atoms with Gasteiger partial charge in [-0.05, 0) is 37.8 Å². The Hall–Kier alpha value is -2.48. The number of hydrogen-bond donors (Lipinski definition) is 3. The van der Waals surface area contributed by atoms with E-state index < -0.39 is 5.54 Å². The number of pyridine rings is 1. The standard InChI is InChI=1S/C18H23FN6O/c19-14-1-4-16(20-11-14)24-18(17(26)23-15-2-3-15)5-7-25(8-6-18)12-13-9-21-22-10-13/h1,4,9-11,15H,2-3,5-8,12H2,(H,20,24)(H,21,22)(H,23,26). The number of nitrogens with one attached hydrogen (secondary N) is 3. The molecule has 2 aromatic rings. The molecule has 1 saturated heterocycles. The number of H-pyrrole nitrogens is 1. The summed E-state index contributed by atoms with van der Waals surface area (Å²) in [6.45, 7) is 2.39. The highest BCUT2D eigenvalue weighted by Gasteiger charge is 2.43. The molecule has 2 fully saturated rings. The quantitative estimate of drug-likeness (QED) is 0.731. The van der Waals surface area contributed by atoms with E-state index in [-0.39, 0.29) is 11.7 Å². The summed E-state index contributed by atoms with van der Waals surface area (Å²) in [5, 5.41) is 13.2. The number of halogens is 1. The number of aromatic amines is 1. The zero-order valence-electron chi connectivity index (χ0n) is 14.5. The maximum Gasteiger partial charge on any atom is 0.246 e. The molecular formula is C18H23FN6O. The Labute approximate surface area is 151 Å². The number of likely N-dealkylation sites (tertiary alicyclic amines) is 1. The van der Waals surface area contributed by atoms with Gasteiger partial charge in [-0.3, -0.25) is 14.8 Å². The molecule has 0 radical (unpaired) electrons. The fourth-order valence-corrected chi connectivity index (χ4v) is 3.37. The van der Waals surface area contributed by atoms with Gasteiger partial charge < -0.3 is 10.6 Å². The average Bonchev–Trinajstić information content (AvgIpc) is 3.31. The van der Waals surface area contributed by atoms with Crippen molar-refractivity contribution in [2.24, 2.45) is 0 Å². The van der Waals surface area contributed by atoms with Crippen molar-refractivity contribution in [1.29, 1.82) is 0 Å². The minimum absolute atomic E-state index is 0.0223. The molecule has 1 saturated carbocycles. The van der Waals surface area contributed by atoms with Gasteiger partial charge in [-0.2, -0.15) is 5.10 Å². The zero-order valence-corrected chi connectivity index (χ0v) is 14.5. The summed E-state index contributed by atoms with van der Waals surface area (Å²) in [5.41, 5.74) is 0.424. The van der Waals surface area contributed by atoms with Crippen LogP contribution in [0.3, 0.4) is 0 Å². The third-order valence-electron chi connectivity index (χ3n) is 5.11. The van der Waals surface area contributed by atoms with E-state index in [0.717, 1.165) is 38.0 Å². The van der Waals surface area contributed by atoms with E-state index in [9.17, 15) is 9.18 Å². The van der Waals surface area contributed by atoms with Crippen LogP contribution in [0.1, 0.15) is 31.2 Å². The highest BCUT2D eigenvalue weighted by atomic mass is 19.1. The Morgan fingerprint density at radius 2 is 2.12 bits per heavy atom. The van der Waals surface area contributed by atoms with Crippen molar-refractivity contribution < 1.29 is 9.18 Å². The molecule has 3 N–H and O–H groups in total. The van der Waals surface area contributed by atoms with Crippen molar-refractivity contribution in [2.75, 3.05) is 18.4 Å². The van der Waals surface area contributed by atoms with Gasteiger partial charge in [-0.15, -0.1) is 0 Å². The average molecular weight is 358 g/mol. The summed E-state index contributed by atoms with van der Waals surface area (Å²) < 4.78 is 13.1. The highest BCUT2D eigenvalue weighted by Crippen LogP contribution is 2.29. The second-order valence-electron chi connectivity index (χ2n) is 7.20. The first-order valence-corrected chi connectivity index (χ1v) is 9.04. The number of carbonyl (C=O) groups excluding carboxylic acids is 1.